The van der Waals surface area contributed by atoms with Gasteiger partial charge in [0.15, 0.2) is 0 Å². The molecular formula is C18H27FN2O3. The van der Waals surface area contributed by atoms with Gasteiger partial charge in [-0.1, -0.05) is 19.9 Å². The van der Waals surface area contributed by atoms with Crippen molar-refractivity contribution in [3.05, 3.63) is 29.6 Å². The number of amides is 1. The van der Waals surface area contributed by atoms with Crippen molar-refractivity contribution in [1.82, 2.24) is 9.80 Å². The van der Waals surface area contributed by atoms with E-state index in [1.807, 2.05) is 6.92 Å². The first-order valence-corrected chi connectivity index (χ1v) is 8.51. The molecular weight excluding hydrogens is 311 g/mol. The maximum atomic E-state index is 13.5. The smallest absolute Gasteiger partial charge is 0.407 e. The summed E-state index contributed by atoms with van der Waals surface area (Å²) in [5, 5.41) is 9.45. The van der Waals surface area contributed by atoms with Gasteiger partial charge in [-0.2, -0.15) is 0 Å². The number of piperazine rings is 1. The number of hydrogen-bond acceptors (Lipinski definition) is 3. The van der Waals surface area contributed by atoms with Crippen LogP contribution in [0.1, 0.15) is 45.2 Å². The number of carbonyl (C=O) groups is 1. The van der Waals surface area contributed by atoms with E-state index in [1.165, 1.54) is 12.1 Å². The average Bonchev–Trinajstić information content (AvgIpc) is 2.59. The Labute approximate surface area is 143 Å². The van der Waals surface area contributed by atoms with E-state index < -0.39 is 6.09 Å². The average molecular weight is 338 g/mol. The molecule has 6 heteroatoms. The highest BCUT2D eigenvalue weighted by atomic mass is 19.1. The van der Waals surface area contributed by atoms with E-state index in [0.717, 1.165) is 18.4 Å². The van der Waals surface area contributed by atoms with Crippen LogP contribution in [0.15, 0.2) is 18.2 Å². The number of benzene rings is 1. The molecule has 1 aliphatic rings. The van der Waals surface area contributed by atoms with Crippen LogP contribution in [0, 0.1) is 5.82 Å². The summed E-state index contributed by atoms with van der Waals surface area (Å²) in [6.45, 7) is 7.32. The molecule has 2 rings (SSSR count). The van der Waals surface area contributed by atoms with Crippen LogP contribution in [0.2, 0.25) is 0 Å². The predicted octanol–water partition coefficient (Wildman–Crippen LogP) is 3.75. The largest absolute Gasteiger partial charge is 0.496 e. The van der Waals surface area contributed by atoms with Gasteiger partial charge in [-0.05, 0) is 25.8 Å². The van der Waals surface area contributed by atoms with E-state index >= 15 is 0 Å². The molecule has 0 spiro atoms. The lowest BCUT2D eigenvalue weighted by molar-refractivity contribution is 0.00798. The third-order valence-electron chi connectivity index (χ3n) is 5.07. The number of halogens is 1. The van der Waals surface area contributed by atoms with Gasteiger partial charge in [0.25, 0.3) is 0 Å². The maximum Gasteiger partial charge on any atom is 0.407 e. The lowest BCUT2D eigenvalue weighted by atomic mass is 9.97. The second-order valence-electron chi connectivity index (χ2n) is 6.32. The molecule has 1 N–H and O–H groups in total. The minimum atomic E-state index is -0.855. The van der Waals surface area contributed by atoms with Gasteiger partial charge in [0.2, 0.25) is 0 Å². The summed E-state index contributed by atoms with van der Waals surface area (Å²) in [4.78, 5) is 15.4. The standard InChI is InChI=1S/C18H27FN2O3/c1-5-14-11-21(18(22)23)15(6-2)10-20(14)12(3)16-8-7-13(19)9-17(16)24-4/h7-9,12,14-15H,5-6,10-11H2,1-4H3,(H,22,23)/t12?,14-,15+/m1/s1. The fourth-order valence-corrected chi connectivity index (χ4v) is 3.60. The molecule has 3 atom stereocenters. The van der Waals surface area contributed by atoms with Crippen molar-refractivity contribution in [2.24, 2.45) is 0 Å². The third kappa shape index (κ3) is 3.64. The maximum absolute atomic E-state index is 13.5. The second kappa shape index (κ2) is 7.83. The van der Waals surface area contributed by atoms with E-state index in [2.05, 4.69) is 18.7 Å². The lowest BCUT2D eigenvalue weighted by Gasteiger charge is -2.47. The van der Waals surface area contributed by atoms with Crippen LogP contribution in [-0.4, -0.2) is 53.3 Å². The Morgan fingerprint density at radius 1 is 1.33 bits per heavy atom. The fourth-order valence-electron chi connectivity index (χ4n) is 3.60. The minimum Gasteiger partial charge on any atom is -0.496 e. The van der Waals surface area contributed by atoms with Crippen LogP contribution in [0.25, 0.3) is 0 Å². The number of ether oxygens (including phenoxy) is 1. The van der Waals surface area contributed by atoms with E-state index in [9.17, 15) is 14.3 Å². The molecule has 134 valence electrons. The number of methoxy groups -OCH3 is 1. The summed E-state index contributed by atoms with van der Waals surface area (Å²) in [6, 6.07) is 4.73. The Hall–Kier alpha value is -1.82. The summed E-state index contributed by atoms with van der Waals surface area (Å²) >= 11 is 0. The van der Waals surface area contributed by atoms with Crippen LogP contribution in [0.5, 0.6) is 5.75 Å². The summed E-state index contributed by atoms with van der Waals surface area (Å²) in [5.74, 6) is 0.211. The Kier molecular flexibility index (Phi) is 6.04. The number of rotatable bonds is 5. The van der Waals surface area contributed by atoms with E-state index in [4.69, 9.17) is 4.74 Å². The van der Waals surface area contributed by atoms with Crippen LogP contribution < -0.4 is 4.74 Å². The van der Waals surface area contributed by atoms with Crippen LogP contribution in [0.4, 0.5) is 9.18 Å². The van der Waals surface area contributed by atoms with E-state index in [0.29, 0.717) is 18.8 Å². The van der Waals surface area contributed by atoms with E-state index in [-0.39, 0.29) is 23.9 Å². The molecule has 1 aromatic carbocycles. The fraction of sp³-hybridized carbons (Fsp3) is 0.611. The Morgan fingerprint density at radius 3 is 2.54 bits per heavy atom. The van der Waals surface area contributed by atoms with Crippen LogP contribution in [0.3, 0.4) is 0 Å². The van der Waals surface area contributed by atoms with Crippen molar-refractivity contribution in [3.63, 3.8) is 0 Å². The molecule has 1 heterocycles. The van der Waals surface area contributed by atoms with Gasteiger partial charge in [-0.3, -0.25) is 4.90 Å². The first-order valence-electron chi connectivity index (χ1n) is 8.51. The predicted molar refractivity (Wildman–Crippen MR) is 91.0 cm³/mol. The summed E-state index contributed by atoms with van der Waals surface area (Å²) in [7, 11) is 1.54. The van der Waals surface area contributed by atoms with Crippen molar-refractivity contribution in [1.29, 1.82) is 0 Å². The topological polar surface area (TPSA) is 53.0 Å². The molecule has 5 nitrogen and oxygen atoms in total. The molecule has 0 saturated carbocycles. The molecule has 0 aliphatic carbocycles. The highest BCUT2D eigenvalue weighted by molar-refractivity contribution is 5.65. The van der Waals surface area contributed by atoms with Crippen molar-refractivity contribution >= 4 is 6.09 Å². The molecule has 1 aromatic rings. The van der Waals surface area contributed by atoms with Crippen molar-refractivity contribution < 1.29 is 19.0 Å². The summed E-state index contributed by atoms with van der Waals surface area (Å²) < 4.78 is 18.8. The zero-order valence-corrected chi connectivity index (χ0v) is 14.8. The molecule has 1 unspecified atom stereocenters. The SMILES string of the molecule is CC[C@H]1CN(C(C)c2ccc(F)cc2OC)[C@H](CC)CN1C(=O)O. The quantitative estimate of drug-likeness (QED) is 0.888. The molecule has 24 heavy (non-hydrogen) atoms. The van der Waals surface area contributed by atoms with Crippen molar-refractivity contribution in [2.75, 3.05) is 20.2 Å². The third-order valence-corrected chi connectivity index (χ3v) is 5.07. The highest BCUT2D eigenvalue weighted by Gasteiger charge is 2.37. The Balaban J connectivity index is 2.30. The number of carboxylic acid groups (broad SMARTS) is 1. The van der Waals surface area contributed by atoms with Crippen molar-refractivity contribution in [2.45, 2.75) is 51.7 Å². The van der Waals surface area contributed by atoms with Gasteiger partial charge in [0.1, 0.15) is 11.6 Å². The lowest BCUT2D eigenvalue weighted by Crippen LogP contribution is -2.59. The van der Waals surface area contributed by atoms with Crippen molar-refractivity contribution in [3.8, 4) is 5.75 Å². The normalized spacial score (nSPS) is 23.1. The van der Waals surface area contributed by atoms with Gasteiger partial charge in [0, 0.05) is 42.8 Å². The summed E-state index contributed by atoms with van der Waals surface area (Å²) in [5.41, 5.74) is 0.927. The monoisotopic (exact) mass is 338 g/mol. The highest BCUT2D eigenvalue weighted by Crippen LogP contribution is 2.34. The molecule has 1 saturated heterocycles. The van der Waals surface area contributed by atoms with Gasteiger partial charge in [-0.15, -0.1) is 0 Å². The molecule has 0 bridgehead atoms. The molecule has 0 radical (unpaired) electrons. The van der Waals surface area contributed by atoms with Gasteiger partial charge < -0.3 is 14.7 Å². The molecule has 1 aliphatic heterocycles. The first kappa shape index (κ1) is 18.5. The van der Waals surface area contributed by atoms with Gasteiger partial charge in [0.05, 0.1) is 7.11 Å². The Bertz CT molecular complexity index is 581. The minimum absolute atomic E-state index is 0.0236. The first-order chi connectivity index (χ1) is 11.4. The number of nitrogens with zero attached hydrogens (tertiary/aromatic N) is 2. The van der Waals surface area contributed by atoms with Gasteiger partial charge >= 0.3 is 6.09 Å². The molecule has 1 amide bonds. The van der Waals surface area contributed by atoms with Crippen LogP contribution >= 0.6 is 0 Å². The van der Waals surface area contributed by atoms with Crippen LogP contribution in [-0.2, 0) is 0 Å². The molecule has 0 aromatic heterocycles. The summed E-state index contributed by atoms with van der Waals surface area (Å²) in [6.07, 6.45) is 0.771. The second-order valence-corrected chi connectivity index (χ2v) is 6.32. The number of hydrogen-bond donors (Lipinski definition) is 1. The molecule has 1 fully saturated rings. The zero-order valence-electron chi connectivity index (χ0n) is 14.8. The van der Waals surface area contributed by atoms with Gasteiger partial charge in [-0.25, -0.2) is 9.18 Å². The Morgan fingerprint density at radius 2 is 2.00 bits per heavy atom. The zero-order chi connectivity index (χ0) is 17.9. The van der Waals surface area contributed by atoms with E-state index in [1.54, 1.807) is 18.1 Å².